The highest BCUT2D eigenvalue weighted by Gasteiger charge is 2.34. The van der Waals surface area contributed by atoms with Crippen LogP contribution in [0.3, 0.4) is 0 Å². The summed E-state index contributed by atoms with van der Waals surface area (Å²) in [7, 11) is 0. The standard InChI is InChI=1S/C33H46N8O4/c1-24(41-23-30(35-36-41)26-17-29(20-34-19-26)37-13-15-44-16-14-37)39-12-10-27(18-31(39)42)38-11-6-9-28(22-38)40(21-25-7-5-8-25)32(43)45-33(2,3)4/h10,12,17-20,23-25,28H,5-9,11,13-16,21-22H2,1-4H3/t24?,28-/m1/s1. The molecule has 3 aliphatic rings. The van der Waals surface area contributed by atoms with Crippen molar-refractivity contribution in [1.82, 2.24) is 29.4 Å². The number of carbonyl (C=O) groups excluding carboxylic acids is 1. The molecule has 12 heteroatoms. The average molecular weight is 619 g/mol. The Hall–Kier alpha value is -3.93. The van der Waals surface area contributed by atoms with Crippen LogP contribution in [0.5, 0.6) is 0 Å². The van der Waals surface area contributed by atoms with Crippen molar-refractivity contribution >= 4 is 17.5 Å². The Labute approximate surface area is 264 Å². The van der Waals surface area contributed by atoms with Gasteiger partial charge in [0.05, 0.1) is 37.3 Å². The third-order valence-corrected chi connectivity index (χ3v) is 9.13. The molecule has 1 saturated carbocycles. The molecule has 2 atom stereocenters. The van der Waals surface area contributed by atoms with Gasteiger partial charge in [-0.2, -0.15) is 0 Å². The molecule has 5 heterocycles. The van der Waals surface area contributed by atoms with Gasteiger partial charge in [-0.25, -0.2) is 9.48 Å². The SMILES string of the molecule is CC(n1cc(-c2cncc(N3CCOCC3)c2)nn1)n1ccc(N2CCC[C@@H](N(CC3CCC3)C(=O)OC(C)(C)C)C2)cc1=O. The molecule has 2 saturated heterocycles. The first-order valence-corrected chi connectivity index (χ1v) is 16.3. The molecule has 3 aromatic heterocycles. The van der Waals surface area contributed by atoms with Crippen LogP contribution in [0, 0.1) is 5.92 Å². The minimum absolute atomic E-state index is 0.0420. The highest BCUT2D eigenvalue weighted by Crippen LogP contribution is 2.31. The second-order valence-corrected chi connectivity index (χ2v) is 13.5. The molecule has 6 rings (SSSR count). The predicted molar refractivity (Wildman–Crippen MR) is 173 cm³/mol. The van der Waals surface area contributed by atoms with Crippen LogP contribution in [-0.4, -0.2) is 93.1 Å². The van der Waals surface area contributed by atoms with Gasteiger partial charge in [0.25, 0.3) is 5.56 Å². The molecule has 3 fully saturated rings. The van der Waals surface area contributed by atoms with Gasteiger partial charge < -0.3 is 24.2 Å². The Morgan fingerprint density at radius 1 is 1.07 bits per heavy atom. The molecule has 0 radical (unpaired) electrons. The molecule has 3 aromatic rings. The second kappa shape index (κ2) is 13.2. The Morgan fingerprint density at radius 2 is 1.87 bits per heavy atom. The summed E-state index contributed by atoms with van der Waals surface area (Å²) < 4.78 is 14.7. The van der Waals surface area contributed by atoms with Crippen molar-refractivity contribution in [3.8, 4) is 11.3 Å². The Kier molecular flexibility index (Phi) is 9.11. The van der Waals surface area contributed by atoms with Crippen molar-refractivity contribution in [2.45, 2.75) is 77.6 Å². The third kappa shape index (κ3) is 7.32. The molecule has 1 amide bonds. The molecule has 0 aromatic carbocycles. The van der Waals surface area contributed by atoms with Crippen LogP contribution in [0.2, 0.25) is 0 Å². The molecule has 12 nitrogen and oxygen atoms in total. The van der Waals surface area contributed by atoms with Crippen LogP contribution < -0.4 is 15.4 Å². The van der Waals surface area contributed by atoms with Crippen LogP contribution in [0.15, 0.2) is 47.8 Å². The molecule has 45 heavy (non-hydrogen) atoms. The summed E-state index contributed by atoms with van der Waals surface area (Å²) >= 11 is 0. The number of morpholine rings is 1. The van der Waals surface area contributed by atoms with Crippen LogP contribution in [0.25, 0.3) is 11.3 Å². The van der Waals surface area contributed by atoms with Crippen molar-refractivity contribution in [2.75, 3.05) is 55.7 Å². The predicted octanol–water partition coefficient (Wildman–Crippen LogP) is 4.41. The van der Waals surface area contributed by atoms with Gasteiger partial charge in [0.2, 0.25) is 0 Å². The number of aromatic nitrogens is 5. The number of pyridine rings is 2. The fourth-order valence-corrected chi connectivity index (χ4v) is 6.36. The maximum absolute atomic E-state index is 13.4. The first-order valence-electron chi connectivity index (χ1n) is 16.3. The number of piperidine rings is 1. The molecule has 1 unspecified atom stereocenters. The van der Waals surface area contributed by atoms with E-state index in [0.717, 1.165) is 68.8 Å². The average Bonchev–Trinajstić information content (AvgIpc) is 3.50. The Morgan fingerprint density at radius 3 is 2.58 bits per heavy atom. The van der Waals surface area contributed by atoms with E-state index in [1.807, 2.05) is 57.3 Å². The zero-order valence-corrected chi connectivity index (χ0v) is 27.0. The van der Waals surface area contributed by atoms with Crippen molar-refractivity contribution in [2.24, 2.45) is 5.92 Å². The third-order valence-electron chi connectivity index (χ3n) is 9.13. The number of hydrogen-bond acceptors (Lipinski definition) is 9. The molecule has 0 spiro atoms. The molecule has 1 aliphatic carbocycles. The lowest BCUT2D eigenvalue weighted by molar-refractivity contribution is 0.00736. The van der Waals surface area contributed by atoms with Crippen molar-refractivity contribution < 1.29 is 14.3 Å². The van der Waals surface area contributed by atoms with Gasteiger partial charge in [-0.1, -0.05) is 11.6 Å². The molecule has 2 aliphatic heterocycles. The van der Waals surface area contributed by atoms with Crippen LogP contribution in [-0.2, 0) is 9.47 Å². The number of anilines is 2. The maximum Gasteiger partial charge on any atom is 0.410 e. The minimum atomic E-state index is -0.542. The fourth-order valence-electron chi connectivity index (χ4n) is 6.36. The first-order chi connectivity index (χ1) is 21.6. The zero-order chi connectivity index (χ0) is 31.6. The number of carbonyl (C=O) groups is 1. The van der Waals surface area contributed by atoms with Gasteiger partial charge in [-0.3, -0.25) is 14.3 Å². The number of amides is 1. The largest absolute Gasteiger partial charge is 0.444 e. The monoisotopic (exact) mass is 618 g/mol. The summed E-state index contributed by atoms with van der Waals surface area (Å²) in [4.78, 5) is 37.6. The summed E-state index contributed by atoms with van der Waals surface area (Å²) in [6.07, 6.45) is 12.1. The van der Waals surface area contributed by atoms with Crippen LogP contribution in [0.1, 0.15) is 66.0 Å². The van der Waals surface area contributed by atoms with E-state index < -0.39 is 5.60 Å². The Bertz CT molecular complexity index is 1520. The van der Waals surface area contributed by atoms with E-state index >= 15 is 0 Å². The Balaban J connectivity index is 1.15. The number of nitrogens with zero attached hydrogens (tertiary/aromatic N) is 8. The summed E-state index contributed by atoms with van der Waals surface area (Å²) in [5, 5.41) is 8.75. The molecular formula is C33H46N8O4. The lowest BCUT2D eigenvalue weighted by atomic mass is 9.84. The second-order valence-electron chi connectivity index (χ2n) is 13.5. The number of rotatable bonds is 8. The zero-order valence-electron chi connectivity index (χ0n) is 27.0. The van der Waals surface area contributed by atoms with Crippen LogP contribution >= 0.6 is 0 Å². The van der Waals surface area contributed by atoms with Gasteiger partial charge in [-0.05, 0) is 71.4 Å². The normalized spacial score (nSPS) is 20.0. The quantitative estimate of drug-likeness (QED) is 0.363. The smallest absolute Gasteiger partial charge is 0.410 e. The van der Waals surface area contributed by atoms with E-state index in [1.54, 1.807) is 21.5 Å². The molecular weight excluding hydrogens is 572 g/mol. The fraction of sp³-hybridized carbons (Fsp3) is 0.606. The van der Waals surface area contributed by atoms with Crippen molar-refractivity contribution in [3.63, 3.8) is 0 Å². The maximum atomic E-state index is 13.4. The van der Waals surface area contributed by atoms with E-state index in [1.165, 1.54) is 6.42 Å². The van der Waals surface area contributed by atoms with Crippen molar-refractivity contribution in [3.05, 3.63) is 53.3 Å². The summed E-state index contributed by atoms with van der Waals surface area (Å²) in [6, 6.07) is 5.79. The van der Waals surface area contributed by atoms with Gasteiger partial charge in [-0.15, -0.1) is 5.10 Å². The topological polar surface area (TPSA) is 111 Å². The van der Waals surface area contributed by atoms with Gasteiger partial charge in [0.1, 0.15) is 17.5 Å². The van der Waals surface area contributed by atoms with Gasteiger partial charge in [0, 0.05) is 62.4 Å². The highest BCUT2D eigenvalue weighted by molar-refractivity contribution is 5.69. The number of hydrogen-bond donors (Lipinski definition) is 0. The number of ether oxygens (including phenoxy) is 2. The van der Waals surface area contributed by atoms with E-state index in [-0.39, 0.29) is 23.9 Å². The van der Waals surface area contributed by atoms with Crippen molar-refractivity contribution in [1.29, 1.82) is 0 Å². The molecule has 242 valence electrons. The van der Waals surface area contributed by atoms with E-state index in [2.05, 4.69) is 31.2 Å². The first kappa shape index (κ1) is 31.1. The van der Waals surface area contributed by atoms with Gasteiger partial charge in [0.15, 0.2) is 0 Å². The molecule has 0 bridgehead atoms. The van der Waals surface area contributed by atoms with E-state index in [0.29, 0.717) is 31.4 Å². The van der Waals surface area contributed by atoms with Gasteiger partial charge >= 0.3 is 6.09 Å². The summed E-state index contributed by atoms with van der Waals surface area (Å²) in [6.45, 7) is 13.0. The summed E-state index contributed by atoms with van der Waals surface area (Å²) in [5.74, 6) is 0.542. The van der Waals surface area contributed by atoms with Crippen LogP contribution in [0.4, 0.5) is 16.2 Å². The lowest BCUT2D eigenvalue weighted by Gasteiger charge is -2.43. The van der Waals surface area contributed by atoms with E-state index in [4.69, 9.17) is 9.47 Å². The van der Waals surface area contributed by atoms with E-state index in [9.17, 15) is 9.59 Å². The molecule has 0 N–H and O–H groups in total. The summed E-state index contributed by atoms with van der Waals surface area (Å²) in [5.41, 5.74) is 2.81. The minimum Gasteiger partial charge on any atom is -0.444 e. The lowest BCUT2D eigenvalue weighted by Crippen LogP contribution is -2.53. The highest BCUT2D eigenvalue weighted by atomic mass is 16.6.